The van der Waals surface area contributed by atoms with E-state index in [0.29, 0.717) is 0 Å². The van der Waals surface area contributed by atoms with E-state index >= 15 is 0 Å². The number of hydrogen-bond acceptors (Lipinski definition) is 4. The van der Waals surface area contributed by atoms with Crippen molar-refractivity contribution in [3.63, 3.8) is 0 Å². The Bertz CT molecular complexity index is 441. The highest BCUT2D eigenvalue weighted by Crippen LogP contribution is 2.21. The van der Waals surface area contributed by atoms with Crippen molar-refractivity contribution in [3.8, 4) is 5.75 Å². The normalized spacial score (nSPS) is 10.1. The van der Waals surface area contributed by atoms with Gasteiger partial charge in [-0.1, -0.05) is 0 Å². The Morgan fingerprint density at radius 2 is 2.00 bits per heavy atom. The van der Waals surface area contributed by atoms with Crippen molar-refractivity contribution in [1.29, 1.82) is 0 Å². The fourth-order valence-electron chi connectivity index (χ4n) is 1.15. The molecule has 0 aromatic heterocycles. The minimum atomic E-state index is -1.27. The second-order valence-electron chi connectivity index (χ2n) is 3.62. The first-order valence-corrected chi connectivity index (χ1v) is 4.94. The number of hydrogen-bond donors (Lipinski definition) is 3. The molecule has 0 bridgehead atoms. The van der Waals surface area contributed by atoms with Crippen LogP contribution in [0.1, 0.15) is 24.2 Å². The fraction of sp³-hybridized carbons (Fsp3) is 0.273. The number of nitrogens with one attached hydrogen (secondary N) is 1. The quantitative estimate of drug-likeness (QED) is 0.701. The zero-order valence-corrected chi connectivity index (χ0v) is 9.43. The summed E-state index contributed by atoms with van der Waals surface area (Å²) in [5, 5.41) is 20.4. The zero-order valence-electron chi connectivity index (χ0n) is 9.43. The van der Waals surface area contributed by atoms with Crippen molar-refractivity contribution in [2.45, 2.75) is 20.0 Å². The van der Waals surface area contributed by atoms with Crippen molar-refractivity contribution in [2.75, 3.05) is 5.32 Å². The van der Waals surface area contributed by atoms with Gasteiger partial charge in [-0.25, -0.2) is 9.59 Å². The average Bonchev–Trinajstić information content (AvgIpc) is 2.19. The third-order valence-electron chi connectivity index (χ3n) is 1.82. The van der Waals surface area contributed by atoms with E-state index in [1.165, 1.54) is 12.1 Å². The van der Waals surface area contributed by atoms with E-state index in [4.69, 9.17) is 9.84 Å². The van der Waals surface area contributed by atoms with Gasteiger partial charge in [0.05, 0.1) is 6.10 Å². The number of phenols is 1. The molecule has 0 aliphatic carbocycles. The maximum absolute atomic E-state index is 11.2. The lowest BCUT2D eigenvalue weighted by atomic mass is 10.2. The van der Waals surface area contributed by atoms with Crippen LogP contribution in [0.15, 0.2) is 18.2 Å². The molecule has 92 valence electrons. The monoisotopic (exact) mass is 239 g/mol. The van der Waals surface area contributed by atoms with Gasteiger partial charge in [0.2, 0.25) is 0 Å². The number of carbonyl (C=O) groups is 2. The van der Waals surface area contributed by atoms with Gasteiger partial charge in [-0.2, -0.15) is 0 Å². The molecule has 0 aliphatic rings. The minimum Gasteiger partial charge on any atom is -0.507 e. The summed E-state index contributed by atoms with van der Waals surface area (Å²) in [5.41, 5.74) is -0.0433. The molecule has 1 aromatic carbocycles. The van der Waals surface area contributed by atoms with Crippen LogP contribution >= 0.6 is 0 Å². The van der Waals surface area contributed by atoms with Crippen LogP contribution in [0, 0.1) is 0 Å². The Balaban J connectivity index is 2.82. The van der Waals surface area contributed by atoms with E-state index in [9.17, 15) is 14.7 Å². The van der Waals surface area contributed by atoms with E-state index in [0.717, 1.165) is 6.07 Å². The molecule has 0 heterocycles. The van der Waals surface area contributed by atoms with Crippen LogP contribution < -0.4 is 5.32 Å². The predicted molar refractivity (Wildman–Crippen MR) is 60.3 cm³/mol. The highest BCUT2D eigenvalue weighted by Gasteiger charge is 2.12. The fourth-order valence-corrected chi connectivity index (χ4v) is 1.15. The lowest BCUT2D eigenvalue weighted by Crippen LogP contribution is -2.18. The average molecular weight is 239 g/mol. The lowest BCUT2D eigenvalue weighted by molar-refractivity contribution is 0.0693. The van der Waals surface area contributed by atoms with Crippen molar-refractivity contribution < 1.29 is 24.5 Å². The molecule has 0 aliphatic heterocycles. The molecular weight excluding hydrogens is 226 g/mol. The molecular formula is C11H13NO5. The number of carboxylic acids is 1. The Morgan fingerprint density at radius 1 is 1.35 bits per heavy atom. The van der Waals surface area contributed by atoms with Gasteiger partial charge < -0.3 is 14.9 Å². The first-order valence-electron chi connectivity index (χ1n) is 4.94. The molecule has 0 saturated carbocycles. The van der Waals surface area contributed by atoms with Crippen molar-refractivity contribution in [1.82, 2.24) is 0 Å². The topological polar surface area (TPSA) is 95.9 Å². The summed E-state index contributed by atoms with van der Waals surface area (Å²) in [6.45, 7) is 3.39. The number of benzene rings is 1. The molecule has 6 heteroatoms. The second kappa shape index (κ2) is 5.20. The molecule has 3 N–H and O–H groups in total. The third kappa shape index (κ3) is 3.67. The Labute approximate surface area is 97.8 Å². The van der Waals surface area contributed by atoms with Crippen LogP contribution in [0.4, 0.5) is 10.5 Å². The Kier molecular flexibility index (Phi) is 3.92. The molecule has 6 nitrogen and oxygen atoms in total. The number of amides is 1. The smallest absolute Gasteiger partial charge is 0.411 e. The van der Waals surface area contributed by atoms with Gasteiger partial charge >= 0.3 is 12.1 Å². The molecule has 0 unspecified atom stereocenters. The van der Waals surface area contributed by atoms with E-state index in [1.807, 2.05) is 0 Å². The molecule has 0 fully saturated rings. The number of anilines is 1. The third-order valence-corrected chi connectivity index (χ3v) is 1.82. The van der Waals surface area contributed by atoms with E-state index in [1.54, 1.807) is 13.8 Å². The SMILES string of the molecule is CC(C)OC(=O)Nc1ccc(O)c(C(=O)O)c1. The molecule has 0 atom stereocenters. The van der Waals surface area contributed by atoms with E-state index in [-0.39, 0.29) is 23.1 Å². The summed E-state index contributed by atoms with van der Waals surface area (Å²) in [7, 11) is 0. The number of aromatic hydroxyl groups is 1. The maximum atomic E-state index is 11.2. The van der Waals surface area contributed by atoms with Crippen molar-refractivity contribution in [3.05, 3.63) is 23.8 Å². The van der Waals surface area contributed by atoms with Crippen LogP contribution in [0.25, 0.3) is 0 Å². The molecule has 1 amide bonds. The summed E-state index contributed by atoms with van der Waals surface area (Å²) in [6, 6.07) is 3.72. The number of carbonyl (C=O) groups excluding carboxylic acids is 1. The van der Waals surface area contributed by atoms with Gasteiger partial charge in [0.15, 0.2) is 0 Å². The number of aromatic carboxylic acids is 1. The molecule has 17 heavy (non-hydrogen) atoms. The summed E-state index contributed by atoms with van der Waals surface area (Å²) in [4.78, 5) is 22.0. The first kappa shape index (κ1) is 12.8. The summed E-state index contributed by atoms with van der Waals surface area (Å²) < 4.78 is 4.82. The standard InChI is InChI=1S/C11H13NO5/c1-6(2)17-11(16)12-7-3-4-9(13)8(5-7)10(14)15/h3-6,13H,1-2H3,(H,12,16)(H,14,15). The van der Waals surface area contributed by atoms with Crippen molar-refractivity contribution in [2.24, 2.45) is 0 Å². The summed E-state index contributed by atoms with van der Waals surface area (Å²) >= 11 is 0. The van der Waals surface area contributed by atoms with Crippen LogP contribution in [0.5, 0.6) is 5.75 Å². The van der Waals surface area contributed by atoms with Crippen LogP contribution in [-0.2, 0) is 4.74 Å². The largest absolute Gasteiger partial charge is 0.507 e. The van der Waals surface area contributed by atoms with Gasteiger partial charge in [-0.05, 0) is 32.0 Å². The number of ether oxygens (including phenoxy) is 1. The van der Waals surface area contributed by atoms with Gasteiger partial charge in [0.25, 0.3) is 0 Å². The molecule has 1 aromatic rings. The van der Waals surface area contributed by atoms with Gasteiger partial charge in [-0.3, -0.25) is 5.32 Å². The highest BCUT2D eigenvalue weighted by molar-refractivity contribution is 5.93. The number of rotatable bonds is 3. The summed E-state index contributed by atoms with van der Waals surface area (Å²) in [6.07, 6.45) is -0.951. The number of carboxylic acid groups (broad SMARTS) is 1. The molecule has 0 saturated heterocycles. The van der Waals surface area contributed by atoms with E-state index < -0.39 is 12.1 Å². The predicted octanol–water partition coefficient (Wildman–Crippen LogP) is 2.05. The maximum Gasteiger partial charge on any atom is 0.411 e. The van der Waals surface area contributed by atoms with Crippen LogP contribution in [0.3, 0.4) is 0 Å². The van der Waals surface area contributed by atoms with Gasteiger partial charge in [0.1, 0.15) is 11.3 Å². The minimum absolute atomic E-state index is 0.242. The zero-order chi connectivity index (χ0) is 13.0. The summed E-state index contributed by atoms with van der Waals surface area (Å²) in [5.74, 6) is -1.64. The van der Waals surface area contributed by atoms with Crippen LogP contribution in [-0.4, -0.2) is 28.4 Å². The van der Waals surface area contributed by atoms with Crippen molar-refractivity contribution >= 4 is 17.7 Å². The first-order chi connectivity index (χ1) is 7.90. The van der Waals surface area contributed by atoms with Gasteiger partial charge in [0, 0.05) is 5.69 Å². The van der Waals surface area contributed by atoms with Crippen LogP contribution in [0.2, 0.25) is 0 Å². The van der Waals surface area contributed by atoms with E-state index in [2.05, 4.69) is 5.32 Å². The van der Waals surface area contributed by atoms with Gasteiger partial charge in [-0.15, -0.1) is 0 Å². The Hall–Kier alpha value is -2.24. The molecule has 1 rings (SSSR count). The Morgan fingerprint density at radius 3 is 2.53 bits per heavy atom. The second-order valence-corrected chi connectivity index (χ2v) is 3.62. The highest BCUT2D eigenvalue weighted by atomic mass is 16.6. The molecule has 0 spiro atoms. The lowest BCUT2D eigenvalue weighted by Gasteiger charge is -2.10. The molecule has 0 radical (unpaired) electrons.